The average Bonchev–Trinajstić information content (AvgIpc) is 4.04. The molecule has 4 heterocycles. The molecule has 0 radical (unpaired) electrons. The standard InChI is InChI=1S/C66H59N5O/c1-64(2,3)45-32-33-67-62(38-45)71-57-29-18-15-26-54(57)63-60(70-55-27-16-13-24-52(55)53-25-14-17-28-56(53)70)40-51(41-61(63)71)72-50-23-19-22-48(39-50)68-42-69(49-36-46(65(4,5)6)35-47(37-49)66(7,8)9)59-34-44(30-31-58(59)68)43-20-11-10-12-21-43/h10-41H,1-9H3. The minimum atomic E-state index is -0.0678. The summed E-state index contributed by atoms with van der Waals surface area (Å²) in [4.78, 5) is 5.06. The van der Waals surface area contributed by atoms with E-state index in [0.29, 0.717) is 11.5 Å². The van der Waals surface area contributed by atoms with Crippen LogP contribution in [0.4, 0.5) is 0 Å². The lowest BCUT2D eigenvalue weighted by atomic mass is 9.80. The largest absolute Gasteiger partial charge is 0.458 e. The van der Waals surface area contributed by atoms with Crippen molar-refractivity contribution in [3.05, 3.63) is 217 Å². The first-order valence-electron chi connectivity index (χ1n) is 25.1. The van der Waals surface area contributed by atoms with Crippen molar-refractivity contribution >= 4 is 54.6 Å². The number of para-hydroxylation sites is 3. The first-order valence-corrected chi connectivity index (χ1v) is 25.1. The van der Waals surface area contributed by atoms with Gasteiger partial charge in [-0.3, -0.25) is 13.7 Å². The first-order chi connectivity index (χ1) is 34.6. The molecule has 8 aromatic carbocycles. The molecular weight excluding hydrogens is 879 g/mol. The summed E-state index contributed by atoms with van der Waals surface area (Å²) in [7, 11) is 0. The van der Waals surface area contributed by atoms with Crippen molar-refractivity contribution in [1.29, 1.82) is 0 Å². The Bertz CT molecular complexity index is 3990. The normalized spacial score (nSPS) is 12.5. The Balaban J connectivity index is 1.07. The topological polar surface area (TPSA) is 40.8 Å². The molecule has 0 bridgehead atoms. The molecular formula is C66H59N5O. The monoisotopic (exact) mass is 937 g/mol. The van der Waals surface area contributed by atoms with E-state index in [2.05, 4.69) is 269 Å². The number of hydrogen-bond donors (Lipinski definition) is 0. The minimum absolute atomic E-state index is 0.0540. The number of nitrogens with zero attached hydrogens (tertiary/aromatic N) is 5. The average molecular weight is 938 g/mol. The summed E-state index contributed by atoms with van der Waals surface area (Å²) in [5.74, 6) is 2.29. The number of fused-ring (bicyclic) bond motifs is 7. The molecule has 6 heteroatoms. The fourth-order valence-electron chi connectivity index (χ4n) is 10.5. The molecule has 0 aliphatic carbocycles. The molecule has 0 saturated heterocycles. The SMILES string of the molecule is CC(C)(C)c1cc(-[n+]2[c-]n(-c3cccc(Oc4cc(-n5c6ccccc6c6ccccc65)c5c6ccccc6n(-c6cc(C(C)(C)C)ccn6)c5c4)c3)c3ccc(-c4ccccc4)cc32)cc(C(C)(C)C)c1. The highest BCUT2D eigenvalue weighted by Crippen LogP contribution is 2.43. The van der Waals surface area contributed by atoms with Gasteiger partial charge in [-0.05, 0) is 111 Å². The molecule has 0 saturated carbocycles. The van der Waals surface area contributed by atoms with Gasteiger partial charge in [-0.1, -0.05) is 172 Å². The van der Waals surface area contributed by atoms with Gasteiger partial charge in [-0.15, -0.1) is 0 Å². The molecule has 0 amide bonds. The highest BCUT2D eigenvalue weighted by Gasteiger charge is 2.25. The number of benzene rings is 8. The van der Waals surface area contributed by atoms with Crippen LogP contribution in [-0.2, 0) is 16.2 Å². The summed E-state index contributed by atoms with van der Waals surface area (Å²) in [5.41, 5.74) is 15.4. The van der Waals surface area contributed by atoms with Gasteiger partial charge in [-0.25, -0.2) is 4.98 Å². The van der Waals surface area contributed by atoms with E-state index in [9.17, 15) is 0 Å². The number of hydrogen-bond acceptors (Lipinski definition) is 2. The van der Waals surface area contributed by atoms with E-state index in [-0.39, 0.29) is 16.2 Å². The van der Waals surface area contributed by atoms with Gasteiger partial charge in [0.05, 0.1) is 50.2 Å². The third-order valence-corrected chi connectivity index (χ3v) is 14.4. The second-order valence-electron chi connectivity index (χ2n) is 22.4. The van der Waals surface area contributed by atoms with Crippen LogP contribution in [0.5, 0.6) is 11.5 Å². The number of ether oxygens (including phenoxy) is 1. The molecule has 354 valence electrons. The second-order valence-corrected chi connectivity index (χ2v) is 22.4. The van der Waals surface area contributed by atoms with Gasteiger partial charge in [0.1, 0.15) is 17.3 Å². The highest BCUT2D eigenvalue weighted by atomic mass is 16.5. The fourth-order valence-corrected chi connectivity index (χ4v) is 10.5. The predicted molar refractivity (Wildman–Crippen MR) is 298 cm³/mol. The van der Waals surface area contributed by atoms with E-state index in [4.69, 9.17) is 9.72 Å². The van der Waals surface area contributed by atoms with Crippen molar-refractivity contribution in [2.75, 3.05) is 0 Å². The number of pyridine rings is 1. The molecule has 0 fully saturated rings. The summed E-state index contributed by atoms with van der Waals surface area (Å²) in [5, 5.41) is 4.67. The van der Waals surface area contributed by atoms with Crippen molar-refractivity contribution < 1.29 is 9.30 Å². The molecule has 4 aromatic heterocycles. The lowest BCUT2D eigenvalue weighted by Gasteiger charge is -2.26. The summed E-state index contributed by atoms with van der Waals surface area (Å²) in [6.45, 7) is 20.5. The second kappa shape index (κ2) is 16.7. The third-order valence-electron chi connectivity index (χ3n) is 14.4. The lowest BCUT2D eigenvalue weighted by Crippen LogP contribution is -2.31. The van der Waals surface area contributed by atoms with Crippen LogP contribution in [0.1, 0.15) is 79.0 Å². The number of imidazole rings is 1. The van der Waals surface area contributed by atoms with Gasteiger partial charge >= 0.3 is 0 Å². The van der Waals surface area contributed by atoms with Crippen molar-refractivity contribution in [2.45, 2.75) is 78.6 Å². The molecule has 0 aliphatic rings. The summed E-state index contributed by atoms with van der Waals surface area (Å²) < 4.78 is 16.3. The van der Waals surface area contributed by atoms with Gasteiger partial charge in [0.25, 0.3) is 6.33 Å². The van der Waals surface area contributed by atoms with E-state index < -0.39 is 0 Å². The molecule has 0 unspecified atom stereocenters. The minimum Gasteiger partial charge on any atom is -0.458 e. The molecule has 12 aromatic rings. The molecule has 0 N–H and O–H groups in total. The van der Waals surface area contributed by atoms with Gasteiger partial charge < -0.3 is 9.30 Å². The highest BCUT2D eigenvalue weighted by molar-refractivity contribution is 6.16. The molecule has 0 atom stereocenters. The van der Waals surface area contributed by atoms with Crippen molar-refractivity contribution in [2.24, 2.45) is 0 Å². The smallest absolute Gasteiger partial charge is 0.269 e. The van der Waals surface area contributed by atoms with Gasteiger partial charge in [-0.2, -0.15) is 0 Å². The zero-order chi connectivity index (χ0) is 49.7. The van der Waals surface area contributed by atoms with Crippen LogP contribution in [0, 0.1) is 6.33 Å². The van der Waals surface area contributed by atoms with E-state index in [1.54, 1.807) is 0 Å². The van der Waals surface area contributed by atoms with E-state index in [1.165, 1.54) is 33.0 Å². The van der Waals surface area contributed by atoms with Crippen LogP contribution in [0.25, 0.3) is 88.7 Å². The van der Waals surface area contributed by atoms with Gasteiger partial charge in [0.2, 0.25) is 0 Å². The third kappa shape index (κ3) is 7.73. The maximum atomic E-state index is 7.18. The van der Waals surface area contributed by atoms with Crippen LogP contribution in [0.3, 0.4) is 0 Å². The molecule has 12 rings (SSSR count). The predicted octanol–water partition coefficient (Wildman–Crippen LogP) is 16.6. The van der Waals surface area contributed by atoms with Gasteiger partial charge in [0, 0.05) is 39.9 Å². The lowest BCUT2D eigenvalue weighted by molar-refractivity contribution is -0.572. The Morgan fingerprint density at radius 3 is 1.71 bits per heavy atom. The Morgan fingerprint density at radius 2 is 1.06 bits per heavy atom. The Kier molecular flexibility index (Phi) is 10.4. The fraction of sp³-hybridized carbons (Fsp3) is 0.182. The van der Waals surface area contributed by atoms with E-state index in [0.717, 1.165) is 72.3 Å². The van der Waals surface area contributed by atoms with Crippen LogP contribution in [0.15, 0.2) is 194 Å². The zero-order valence-corrected chi connectivity index (χ0v) is 42.6. The Hall–Kier alpha value is -8.22. The van der Waals surface area contributed by atoms with Crippen LogP contribution < -0.4 is 9.30 Å². The first kappa shape index (κ1) is 45.0. The maximum absolute atomic E-state index is 7.18. The quantitative estimate of drug-likeness (QED) is 0.118. The molecule has 6 nitrogen and oxygen atoms in total. The Labute approximate surface area is 422 Å². The van der Waals surface area contributed by atoms with Gasteiger partial charge in [0.15, 0.2) is 0 Å². The van der Waals surface area contributed by atoms with E-state index >= 15 is 0 Å². The number of aromatic nitrogens is 5. The van der Waals surface area contributed by atoms with Crippen molar-refractivity contribution in [1.82, 2.24) is 18.7 Å². The van der Waals surface area contributed by atoms with Crippen LogP contribution in [-0.4, -0.2) is 18.7 Å². The van der Waals surface area contributed by atoms with Crippen LogP contribution in [0.2, 0.25) is 0 Å². The Morgan fingerprint density at radius 1 is 0.444 bits per heavy atom. The summed E-state index contributed by atoms with van der Waals surface area (Å²) >= 11 is 0. The summed E-state index contributed by atoms with van der Waals surface area (Å²) in [6, 6.07) is 67.7. The molecule has 0 aliphatic heterocycles. The van der Waals surface area contributed by atoms with E-state index in [1.807, 2.05) is 12.3 Å². The maximum Gasteiger partial charge on any atom is 0.269 e. The number of rotatable bonds is 7. The molecule has 72 heavy (non-hydrogen) atoms. The summed E-state index contributed by atoms with van der Waals surface area (Å²) in [6.07, 6.45) is 5.79. The van der Waals surface area contributed by atoms with Crippen molar-refractivity contribution in [3.8, 4) is 45.5 Å². The zero-order valence-electron chi connectivity index (χ0n) is 42.6. The van der Waals surface area contributed by atoms with Crippen LogP contribution >= 0.6 is 0 Å². The molecule has 0 spiro atoms. The van der Waals surface area contributed by atoms with Crippen molar-refractivity contribution in [3.63, 3.8) is 0 Å².